The molecule has 0 aliphatic rings. The minimum Gasteiger partial charge on any atom is -0.361 e. The number of carbonyl (C=O) groups is 1. The van der Waals surface area contributed by atoms with E-state index in [9.17, 15) is 18.0 Å². The quantitative estimate of drug-likeness (QED) is 0.421. The molecule has 0 saturated heterocycles. The Kier molecular flexibility index (Phi) is 6.79. The second-order valence-electron chi connectivity index (χ2n) is 5.60. The van der Waals surface area contributed by atoms with E-state index in [1.807, 2.05) is 0 Å². The first-order valence-electron chi connectivity index (χ1n) is 7.46. The first kappa shape index (κ1) is 22.0. The molecule has 0 aliphatic heterocycles. The van der Waals surface area contributed by atoms with Crippen LogP contribution in [-0.2, 0) is 6.18 Å². The molecule has 2 aromatic carbocycles. The van der Waals surface area contributed by atoms with Gasteiger partial charge in [-0.1, -0.05) is 64.6 Å². The van der Waals surface area contributed by atoms with Crippen molar-refractivity contribution in [3.05, 3.63) is 64.2 Å². The number of anilines is 1. The lowest BCUT2D eigenvalue weighted by Crippen LogP contribution is -2.49. The van der Waals surface area contributed by atoms with E-state index in [0.29, 0.717) is 11.1 Å². The Labute approximate surface area is 173 Å². The van der Waals surface area contributed by atoms with Crippen LogP contribution in [0.25, 0.3) is 0 Å². The average molecular weight is 460 g/mol. The van der Waals surface area contributed by atoms with Crippen LogP contribution in [0.5, 0.6) is 0 Å². The van der Waals surface area contributed by atoms with Crippen molar-refractivity contribution in [1.29, 1.82) is 0 Å². The highest BCUT2D eigenvalue weighted by Crippen LogP contribution is 2.36. The normalized spacial score (nSPS) is 13.2. The number of aryl methyl sites for hydroxylation is 1. The Morgan fingerprint density at radius 2 is 1.70 bits per heavy atom. The van der Waals surface area contributed by atoms with Gasteiger partial charge in [0.05, 0.1) is 16.3 Å². The van der Waals surface area contributed by atoms with Crippen molar-refractivity contribution >= 4 is 58.0 Å². The number of alkyl halides is 6. The van der Waals surface area contributed by atoms with Gasteiger partial charge in [-0.05, 0) is 36.8 Å². The van der Waals surface area contributed by atoms with Gasteiger partial charge in [0.1, 0.15) is 6.17 Å². The van der Waals surface area contributed by atoms with Gasteiger partial charge in [-0.25, -0.2) is 0 Å². The maximum absolute atomic E-state index is 12.9. The van der Waals surface area contributed by atoms with E-state index in [0.717, 1.165) is 18.2 Å². The molecule has 146 valence electrons. The van der Waals surface area contributed by atoms with Gasteiger partial charge in [-0.3, -0.25) is 4.79 Å². The molecule has 0 aliphatic carbocycles. The van der Waals surface area contributed by atoms with E-state index in [1.165, 1.54) is 0 Å². The predicted molar refractivity (Wildman–Crippen MR) is 103 cm³/mol. The first-order chi connectivity index (χ1) is 12.4. The largest absolute Gasteiger partial charge is 0.416 e. The molecule has 0 saturated carbocycles. The lowest BCUT2D eigenvalue weighted by Gasteiger charge is -2.28. The van der Waals surface area contributed by atoms with Crippen LogP contribution in [0.4, 0.5) is 18.9 Å². The van der Waals surface area contributed by atoms with Crippen molar-refractivity contribution in [3.8, 4) is 0 Å². The van der Waals surface area contributed by atoms with Gasteiger partial charge in [0, 0.05) is 5.56 Å². The van der Waals surface area contributed by atoms with Gasteiger partial charge in [0.15, 0.2) is 0 Å². The summed E-state index contributed by atoms with van der Waals surface area (Å²) in [5.41, 5.74) is -0.0838. The standard InChI is InChI=1S/C17H13Cl4F3N2O/c1-9-4-2-3-5-11(9)14(27)26-15(16(19,20)21)25-13-8-10(17(22,23)24)6-7-12(13)18/h2-8,15,25H,1H3,(H,26,27). The van der Waals surface area contributed by atoms with Gasteiger partial charge < -0.3 is 10.6 Å². The molecule has 0 heterocycles. The Balaban J connectivity index is 2.31. The van der Waals surface area contributed by atoms with Gasteiger partial charge in [-0.15, -0.1) is 0 Å². The van der Waals surface area contributed by atoms with Gasteiger partial charge in [0.25, 0.3) is 5.91 Å². The highest BCUT2D eigenvalue weighted by Gasteiger charge is 2.36. The number of rotatable bonds is 4. The van der Waals surface area contributed by atoms with E-state index >= 15 is 0 Å². The summed E-state index contributed by atoms with van der Waals surface area (Å²) in [6, 6.07) is 9.34. The van der Waals surface area contributed by atoms with E-state index in [1.54, 1.807) is 31.2 Å². The molecule has 0 fully saturated rings. The number of benzene rings is 2. The second kappa shape index (κ2) is 8.35. The Bertz CT molecular complexity index is 838. The zero-order valence-corrected chi connectivity index (χ0v) is 16.7. The molecule has 1 atom stereocenters. The summed E-state index contributed by atoms with van der Waals surface area (Å²) >= 11 is 23.6. The Hall–Kier alpha value is -1.34. The summed E-state index contributed by atoms with van der Waals surface area (Å²) in [5.74, 6) is -0.569. The van der Waals surface area contributed by atoms with Crippen molar-refractivity contribution in [3.63, 3.8) is 0 Å². The number of carbonyl (C=O) groups excluding carboxylic acids is 1. The van der Waals surface area contributed by atoms with E-state index in [-0.39, 0.29) is 10.7 Å². The highest BCUT2D eigenvalue weighted by atomic mass is 35.6. The lowest BCUT2D eigenvalue weighted by molar-refractivity contribution is -0.137. The zero-order valence-electron chi connectivity index (χ0n) is 13.7. The molecule has 0 spiro atoms. The third kappa shape index (κ3) is 5.82. The predicted octanol–water partition coefficient (Wildman–Crippen LogP) is 6.21. The number of halogens is 7. The molecule has 3 nitrogen and oxygen atoms in total. The average Bonchev–Trinajstić information content (AvgIpc) is 2.54. The molecule has 1 amide bonds. The van der Waals surface area contributed by atoms with Crippen molar-refractivity contribution < 1.29 is 18.0 Å². The fourth-order valence-electron chi connectivity index (χ4n) is 2.20. The smallest absolute Gasteiger partial charge is 0.361 e. The van der Waals surface area contributed by atoms with Crippen LogP contribution in [-0.4, -0.2) is 15.9 Å². The van der Waals surface area contributed by atoms with Crippen LogP contribution < -0.4 is 10.6 Å². The molecule has 0 aromatic heterocycles. The van der Waals surface area contributed by atoms with E-state index in [2.05, 4.69) is 10.6 Å². The molecule has 10 heteroatoms. The molecular formula is C17H13Cl4F3N2O. The monoisotopic (exact) mass is 458 g/mol. The summed E-state index contributed by atoms with van der Waals surface area (Å²) in [6.07, 6.45) is -5.93. The van der Waals surface area contributed by atoms with Crippen LogP contribution in [0.3, 0.4) is 0 Å². The Morgan fingerprint density at radius 1 is 1.07 bits per heavy atom. The minimum atomic E-state index is -4.58. The van der Waals surface area contributed by atoms with Gasteiger partial charge in [0.2, 0.25) is 3.79 Å². The lowest BCUT2D eigenvalue weighted by atomic mass is 10.1. The summed E-state index contributed by atoms with van der Waals surface area (Å²) in [5, 5.41) is 4.99. The summed E-state index contributed by atoms with van der Waals surface area (Å²) in [7, 11) is 0. The summed E-state index contributed by atoms with van der Waals surface area (Å²) in [6.45, 7) is 1.72. The first-order valence-corrected chi connectivity index (χ1v) is 8.97. The fraction of sp³-hybridized carbons (Fsp3) is 0.235. The molecule has 0 bridgehead atoms. The van der Waals surface area contributed by atoms with E-state index in [4.69, 9.17) is 46.4 Å². The molecule has 1 unspecified atom stereocenters. The van der Waals surface area contributed by atoms with Crippen molar-refractivity contribution in [2.24, 2.45) is 0 Å². The minimum absolute atomic E-state index is 0.0348. The molecular weight excluding hydrogens is 447 g/mol. The zero-order chi connectivity index (χ0) is 20.4. The molecule has 2 rings (SSSR count). The summed E-state index contributed by atoms with van der Waals surface area (Å²) < 4.78 is 36.7. The molecule has 27 heavy (non-hydrogen) atoms. The van der Waals surface area contributed by atoms with Crippen molar-refractivity contribution in [1.82, 2.24) is 5.32 Å². The Morgan fingerprint density at radius 3 is 2.26 bits per heavy atom. The van der Waals surface area contributed by atoms with Crippen LogP contribution >= 0.6 is 46.4 Å². The maximum atomic E-state index is 12.9. The fourth-order valence-corrected chi connectivity index (χ4v) is 2.70. The topological polar surface area (TPSA) is 41.1 Å². The van der Waals surface area contributed by atoms with Crippen molar-refractivity contribution in [2.45, 2.75) is 23.1 Å². The third-order valence-corrected chi connectivity index (χ3v) is 4.57. The number of nitrogens with one attached hydrogen (secondary N) is 2. The number of amides is 1. The van der Waals surface area contributed by atoms with Crippen LogP contribution in [0.1, 0.15) is 21.5 Å². The van der Waals surface area contributed by atoms with Crippen molar-refractivity contribution in [2.75, 3.05) is 5.32 Å². The molecule has 0 radical (unpaired) electrons. The maximum Gasteiger partial charge on any atom is 0.416 e. The van der Waals surface area contributed by atoms with E-state index < -0.39 is 27.6 Å². The van der Waals surface area contributed by atoms with Crippen LogP contribution in [0, 0.1) is 6.92 Å². The van der Waals surface area contributed by atoms with Crippen LogP contribution in [0.15, 0.2) is 42.5 Å². The van der Waals surface area contributed by atoms with Crippen LogP contribution in [0.2, 0.25) is 5.02 Å². The number of hydrogen-bond acceptors (Lipinski definition) is 2. The summed E-state index contributed by atoms with van der Waals surface area (Å²) in [4.78, 5) is 12.5. The number of hydrogen-bond donors (Lipinski definition) is 2. The SMILES string of the molecule is Cc1ccccc1C(=O)NC(Nc1cc(C(F)(F)F)ccc1Cl)C(Cl)(Cl)Cl. The van der Waals surface area contributed by atoms with Gasteiger partial charge in [-0.2, -0.15) is 13.2 Å². The highest BCUT2D eigenvalue weighted by molar-refractivity contribution is 6.68. The molecule has 2 N–H and O–H groups in total. The van der Waals surface area contributed by atoms with Gasteiger partial charge >= 0.3 is 6.18 Å². The second-order valence-corrected chi connectivity index (χ2v) is 8.38. The molecule has 2 aromatic rings. The third-order valence-electron chi connectivity index (χ3n) is 3.59.